The van der Waals surface area contributed by atoms with Crippen LogP contribution in [0.1, 0.15) is 18.7 Å². The molecular weight excluding hydrogens is 353 g/mol. The SMILES string of the molecule is Ic1cccc(-c2nc(CC3CCCNC3)no2)c1. The molecule has 0 spiro atoms. The second kappa shape index (κ2) is 6.00. The quantitative estimate of drug-likeness (QED) is 0.846. The van der Waals surface area contributed by atoms with Crippen molar-refractivity contribution in [3.8, 4) is 11.5 Å². The first-order chi connectivity index (χ1) is 9.31. The second-order valence-corrected chi connectivity index (χ2v) is 6.19. The van der Waals surface area contributed by atoms with Crippen molar-refractivity contribution in [3.05, 3.63) is 33.7 Å². The summed E-state index contributed by atoms with van der Waals surface area (Å²) >= 11 is 2.29. The van der Waals surface area contributed by atoms with E-state index in [0.717, 1.165) is 30.9 Å². The molecule has 0 amide bonds. The lowest BCUT2D eigenvalue weighted by molar-refractivity contribution is 0.360. The zero-order valence-electron chi connectivity index (χ0n) is 10.6. The molecule has 5 heteroatoms. The van der Waals surface area contributed by atoms with Gasteiger partial charge in [-0.1, -0.05) is 11.2 Å². The van der Waals surface area contributed by atoms with Gasteiger partial charge < -0.3 is 9.84 Å². The number of piperidine rings is 1. The van der Waals surface area contributed by atoms with Crippen LogP contribution in [0.3, 0.4) is 0 Å². The molecule has 1 aromatic carbocycles. The van der Waals surface area contributed by atoms with E-state index in [1.165, 1.54) is 16.4 Å². The first-order valence-electron chi connectivity index (χ1n) is 6.60. The zero-order valence-corrected chi connectivity index (χ0v) is 12.8. The number of hydrogen-bond acceptors (Lipinski definition) is 4. The van der Waals surface area contributed by atoms with E-state index in [4.69, 9.17) is 4.52 Å². The first-order valence-corrected chi connectivity index (χ1v) is 7.68. The third kappa shape index (κ3) is 3.33. The standard InChI is InChI=1S/C14H16IN3O/c15-12-5-1-4-11(8-12)14-17-13(18-19-14)7-10-3-2-6-16-9-10/h1,4-5,8,10,16H,2-3,6-7,9H2. The van der Waals surface area contributed by atoms with Crippen molar-refractivity contribution in [2.45, 2.75) is 19.3 Å². The fraction of sp³-hybridized carbons (Fsp3) is 0.429. The van der Waals surface area contributed by atoms with Gasteiger partial charge in [0.05, 0.1) is 0 Å². The molecule has 100 valence electrons. The molecule has 1 fully saturated rings. The molecular formula is C14H16IN3O. The van der Waals surface area contributed by atoms with Crippen molar-refractivity contribution in [2.75, 3.05) is 13.1 Å². The summed E-state index contributed by atoms with van der Waals surface area (Å²) in [6.45, 7) is 2.20. The van der Waals surface area contributed by atoms with Crippen LogP contribution in [-0.2, 0) is 6.42 Å². The van der Waals surface area contributed by atoms with Crippen LogP contribution in [-0.4, -0.2) is 23.2 Å². The lowest BCUT2D eigenvalue weighted by Crippen LogP contribution is -2.31. The van der Waals surface area contributed by atoms with Crippen LogP contribution < -0.4 is 5.32 Å². The lowest BCUT2D eigenvalue weighted by atomic mass is 9.96. The van der Waals surface area contributed by atoms with Crippen LogP contribution in [0.15, 0.2) is 28.8 Å². The van der Waals surface area contributed by atoms with Crippen molar-refractivity contribution in [1.29, 1.82) is 0 Å². The maximum absolute atomic E-state index is 5.36. The Balaban J connectivity index is 1.72. The van der Waals surface area contributed by atoms with Crippen molar-refractivity contribution < 1.29 is 4.52 Å². The molecule has 1 aliphatic heterocycles. The van der Waals surface area contributed by atoms with Gasteiger partial charge in [-0.25, -0.2) is 0 Å². The third-order valence-corrected chi connectivity index (χ3v) is 4.08. The van der Waals surface area contributed by atoms with Crippen LogP contribution in [0.4, 0.5) is 0 Å². The first kappa shape index (κ1) is 13.1. The summed E-state index contributed by atoms with van der Waals surface area (Å²) in [5.41, 5.74) is 0.993. The summed E-state index contributed by atoms with van der Waals surface area (Å²) in [7, 11) is 0. The number of halogens is 1. The zero-order chi connectivity index (χ0) is 13.1. The Morgan fingerprint density at radius 2 is 2.37 bits per heavy atom. The molecule has 0 bridgehead atoms. The maximum atomic E-state index is 5.36. The van der Waals surface area contributed by atoms with Gasteiger partial charge in [-0.3, -0.25) is 0 Å². The lowest BCUT2D eigenvalue weighted by Gasteiger charge is -2.20. The Morgan fingerprint density at radius 3 is 3.16 bits per heavy atom. The predicted molar refractivity (Wildman–Crippen MR) is 81.7 cm³/mol. The topological polar surface area (TPSA) is 51.0 Å². The van der Waals surface area contributed by atoms with Gasteiger partial charge in [-0.05, 0) is 72.6 Å². The Kier molecular flexibility index (Phi) is 4.12. The maximum Gasteiger partial charge on any atom is 0.257 e. The number of hydrogen-bond donors (Lipinski definition) is 1. The second-order valence-electron chi connectivity index (χ2n) is 4.94. The van der Waals surface area contributed by atoms with Gasteiger partial charge in [-0.15, -0.1) is 0 Å². The molecule has 1 saturated heterocycles. The largest absolute Gasteiger partial charge is 0.334 e. The van der Waals surface area contributed by atoms with E-state index in [2.05, 4.69) is 50.2 Å². The number of nitrogens with one attached hydrogen (secondary N) is 1. The van der Waals surface area contributed by atoms with Crippen LogP contribution >= 0.6 is 22.6 Å². The summed E-state index contributed by atoms with van der Waals surface area (Å²) in [5, 5.41) is 7.51. The Bertz CT molecular complexity index is 549. The Hall–Kier alpha value is -0.950. The van der Waals surface area contributed by atoms with Crippen molar-refractivity contribution in [1.82, 2.24) is 15.5 Å². The Morgan fingerprint density at radius 1 is 1.42 bits per heavy atom. The highest BCUT2D eigenvalue weighted by molar-refractivity contribution is 14.1. The summed E-state index contributed by atoms with van der Waals surface area (Å²) in [6.07, 6.45) is 3.40. The van der Waals surface area contributed by atoms with E-state index in [0.29, 0.717) is 11.8 Å². The molecule has 0 saturated carbocycles. The highest BCUT2D eigenvalue weighted by Crippen LogP contribution is 2.21. The molecule has 2 heterocycles. The van der Waals surface area contributed by atoms with Crippen LogP contribution in [0.2, 0.25) is 0 Å². The fourth-order valence-corrected chi connectivity index (χ4v) is 2.98. The highest BCUT2D eigenvalue weighted by atomic mass is 127. The summed E-state index contributed by atoms with van der Waals surface area (Å²) < 4.78 is 6.53. The normalized spacial score (nSPS) is 19.5. The molecule has 1 N–H and O–H groups in total. The molecule has 2 aromatic rings. The average Bonchev–Trinajstić information content (AvgIpc) is 2.88. The predicted octanol–water partition coefficient (Wildman–Crippen LogP) is 2.88. The van der Waals surface area contributed by atoms with E-state index in [1.54, 1.807) is 0 Å². The molecule has 1 aromatic heterocycles. The third-order valence-electron chi connectivity index (χ3n) is 3.41. The number of benzene rings is 1. The van der Waals surface area contributed by atoms with Crippen molar-refractivity contribution in [3.63, 3.8) is 0 Å². The van der Waals surface area contributed by atoms with Crippen LogP contribution in [0.25, 0.3) is 11.5 Å². The van der Waals surface area contributed by atoms with Gasteiger partial charge in [0, 0.05) is 15.6 Å². The molecule has 4 nitrogen and oxygen atoms in total. The smallest absolute Gasteiger partial charge is 0.257 e. The minimum atomic E-state index is 0.622. The highest BCUT2D eigenvalue weighted by Gasteiger charge is 2.17. The number of nitrogens with zero attached hydrogens (tertiary/aromatic N) is 2. The van der Waals surface area contributed by atoms with Crippen molar-refractivity contribution in [2.24, 2.45) is 5.92 Å². The minimum Gasteiger partial charge on any atom is -0.334 e. The van der Waals surface area contributed by atoms with Crippen LogP contribution in [0.5, 0.6) is 0 Å². The molecule has 19 heavy (non-hydrogen) atoms. The number of aromatic nitrogens is 2. The summed E-state index contributed by atoms with van der Waals surface area (Å²) in [4.78, 5) is 4.51. The van der Waals surface area contributed by atoms with Gasteiger partial charge in [-0.2, -0.15) is 4.98 Å². The van der Waals surface area contributed by atoms with E-state index >= 15 is 0 Å². The summed E-state index contributed by atoms with van der Waals surface area (Å²) in [5.74, 6) is 2.08. The van der Waals surface area contributed by atoms with Gasteiger partial charge in [0.1, 0.15) is 0 Å². The van der Waals surface area contributed by atoms with E-state index in [9.17, 15) is 0 Å². The molecule has 3 rings (SSSR count). The summed E-state index contributed by atoms with van der Waals surface area (Å²) in [6, 6.07) is 8.11. The molecule has 0 radical (unpaired) electrons. The van der Waals surface area contributed by atoms with Gasteiger partial charge in [0.25, 0.3) is 5.89 Å². The van der Waals surface area contributed by atoms with E-state index in [-0.39, 0.29) is 0 Å². The van der Waals surface area contributed by atoms with Gasteiger partial charge in [0.15, 0.2) is 5.82 Å². The molecule has 1 atom stereocenters. The van der Waals surface area contributed by atoms with E-state index < -0.39 is 0 Å². The Labute approximate surface area is 126 Å². The monoisotopic (exact) mass is 369 g/mol. The average molecular weight is 369 g/mol. The van der Waals surface area contributed by atoms with Crippen molar-refractivity contribution >= 4 is 22.6 Å². The molecule has 0 aliphatic carbocycles. The fourth-order valence-electron chi connectivity index (χ4n) is 2.43. The number of rotatable bonds is 3. The van der Waals surface area contributed by atoms with E-state index in [1.807, 2.05) is 12.1 Å². The van der Waals surface area contributed by atoms with Gasteiger partial charge in [0.2, 0.25) is 0 Å². The molecule has 1 aliphatic rings. The van der Waals surface area contributed by atoms with Gasteiger partial charge >= 0.3 is 0 Å². The minimum absolute atomic E-state index is 0.622. The molecule has 1 unspecified atom stereocenters. The van der Waals surface area contributed by atoms with Crippen LogP contribution in [0, 0.1) is 9.49 Å².